The quantitative estimate of drug-likeness (QED) is 0.784. The van der Waals surface area contributed by atoms with E-state index in [1.54, 1.807) is 31.3 Å². The molecular weight excluding hydrogens is 240 g/mol. The van der Waals surface area contributed by atoms with Crippen LogP contribution in [0.15, 0.2) is 24.3 Å². The van der Waals surface area contributed by atoms with Crippen molar-refractivity contribution in [1.82, 2.24) is 10.6 Å². The Bertz CT molecular complexity index is 407. The molecule has 0 aliphatic heterocycles. The Morgan fingerprint density at radius 2 is 2.00 bits per heavy atom. The predicted octanol–water partition coefficient (Wildman–Crippen LogP) is 1.60. The standard InChI is InChI=1S/C12H15ClN2O2/c1-14-11(16)7-4-8-15-12(17)9-5-2-3-6-10(9)13/h2-3,5-6H,4,7-8H2,1H3,(H,14,16)(H,15,17). The summed E-state index contributed by atoms with van der Waals surface area (Å²) in [5.74, 6) is -0.246. The zero-order valence-electron chi connectivity index (χ0n) is 9.63. The van der Waals surface area contributed by atoms with Crippen molar-refractivity contribution in [3.8, 4) is 0 Å². The maximum Gasteiger partial charge on any atom is 0.252 e. The van der Waals surface area contributed by atoms with Crippen molar-refractivity contribution in [2.24, 2.45) is 0 Å². The molecule has 0 unspecified atom stereocenters. The monoisotopic (exact) mass is 254 g/mol. The first-order valence-corrected chi connectivity index (χ1v) is 5.76. The lowest BCUT2D eigenvalue weighted by atomic mass is 10.2. The van der Waals surface area contributed by atoms with E-state index in [-0.39, 0.29) is 11.8 Å². The van der Waals surface area contributed by atoms with E-state index in [0.29, 0.717) is 30.0 Å². The minimum absolute atomic E-state index is 0.0306. The number of carbonyl (C=O) groups excluding carboxylic acids is 2. The van der Waals surface area contributed by atoms with Crippen molar-refractivity contribution < 1.29 is 9.59 Å². The van der Waals surface area contributed by atoms with Gasteiger partial charge in [-0.25, -0.2) is 0 Å². The summed E-state index contributed by atoms with van der Waals surface area (Å²) in [5, 5.41) is 5.66. The van der Waals surface area contributed by atoms with Crippen LogP contribution in [-0.4, -0.2) is 25.4 Å². The second-order valence-electron chi connectivity index (χ2n) is 3.51. The molecule has 5 heteroatoms. The molecule has 1 rings (SSSR count). The zero-order chi connectivity index (χ0) is 12.7. The largest absolute Gasteiger partial charge is 0.359 e. The van der Waals surface area contributed by atoms with E-state index in [2.05, 4.69) is 10.6 Å². The van der Waals surface area contributed by atoms with E-state index >= 15 is 0 Å². The normalized spacial score (nSPS) is 9.76. The smallest absolute Gasteiger partial charge is 0.252 e. The molecule has 4 nitrogen and oxygen atoms in total. The van der Waals surface area contributed by atoms with Gasteiger partial charge in [0.05, 0.1) is 10.6 Å². The van der Waals surface area contributed by atoms with Crippen LogP contribution in [0.25, 0.3) is 0 Å². The fraction of sp³-hybridized carbons (Fsp3) is 0.333. The molecule has 2 amide bonds. The summed E-state index contributed by atoms with van der Waals surface area (Å²) >= 11 is 5.88. The van der Waals surface area contributed by atoms with Crippen molar-refractivity contribution in [3.05, 3.63) is 34.9 Å². The van der Waals surface area contributed by atoms with E-state index in [4.69, 9.17) is 11.6 Å². The van der Waals surface area contributed by atoms with E-state index < -0.39 is 0 Å². The van der Waals surface area contributed by atoms with Crippen molar-refractivity contribution >= 4 is 23.4 Å². The van der Waals surface area contributed by atoms with Crippen LogP contribution in [0.1, 0.15) is 23.2 Å². The molecule has 0 radical (unpaired) electrons. The topological polar surface area (TPSA) is 58.2 Å². The van der Waals surface area contributed by atoms with Crippen molar-refractivity contribution in [2.45, 2.75) is 12.8 Å². The average molecular weight is 255 g/mol. The molecule has 0 aliphatic rings. The summed E-state index contributed by atoms with van der Waals surface area (Å²) < 4.78 is 0. The van der Waals surface area contributed by atoms with Gasteiger partial charge in [-0.3, -0.25) is 9.59 Å². The third kappa shape index (κ3) is 4.44. The lowest BCUT2D eigenvalue weighted by Crippen LogP contribution is -2.26. The Labute approximate surface area is 105 Å². The molecule has 0 atom stereocenters. The van der Waals surface area contributed by atoms with Crippen molar-refractivity contribution in [3.63, 3.8) is 0 Å². The SMILES string of the molecule is CNC(=O)CCCNC(=O)c1ccccc1Cl. The van der Waals surface area contributed by atoms with Crippen LogP contribution >= 0.6 is 11.6 Å². The van der Waals surface area contributed by atoms with Crippen molar-refractivity contribution in [1.29, 1.82) is 0 Å². The molecule has 0 spiro atoms. The highest BCUT2D eigenvalue weighted by atomic mass is 35.5. The van der Waals surface area contributed by atoms with Crippen LogP contribution in [0.5, 0.6) is 0 Å². The van der Waals surface area contributed by atoms with Gasteiger partial charge in [-0.2, -0.15) is 0 Å². The molecule has 0 saturated heterocycles. The second kappa shape index (κ2) is 6.91. The average Bonchev–Trinajstić information content (AvgIpc) is 2.34. The number of amides is 2. The fourth-order valence-electron chi connectivity index (χ4n) is 1.32. The van der Waals surface area contributed by atoms with Crippen molar-refractivity contribution in [2.75, 3.05) is 13.6 Å². The summed E-state index contributed by atoms with van der Waals surface area (Å²) in [6.45, 7) is 0.456. The van der Waals surface area contributed by atoms with Gasteiger partial charge in [0, 0.05) is 20.0 Å². The third-order valence-electron chi connectivity index (χ3n) is 2.26. The molecule has 17 heavy (non-hydrogen) atoms. The number of hydrogen-bond acceptors (Lipinski definition) is 2. The molecule has 0 bridgehead atoms. The molecule has 0 aliphatic carbocycles. The lowest BCUT2D eigenvalue weighted by molar-refractivity contribution is -0.120. The summed E-state index contributed by atoms with van der Waals surface area (Å²) in [4.78, 5) is 22.6. The Kier molecular flexibility index (Phi) is 5.49. The van der Waals surface area contributed by atoms with E-state index in [1.807, 2.05) is 0 Å². The first-order valence-electron chi connectivity index (χ1n) is 5.38. The Morgan fingerprint density at radius 1 is 1.29 bits per heavy atom. The van der Waals surface area contributed by atoms with Crippen LogP contribution in [0.3, 0.4) is 0 Å². The number of carbonyl (C=O) groups is 2. The van der Waals surface area contributed by atoms with Crippen LogP contribution in [0.4, 0.5) is 0 Å². The van der Waals surface area contributed by atoms with E-state index in [0.717, 1.165) is 0 Å². The molecular formula is C12H15ClN2O2. The molecule has 0 fully saturated rings. The lowest BCUT2D eigenvalue weighted by Gasteiger charge is -2.06. The fourth-order valence-corrected chi connectivity index (χ4v) is 1.54. The highest BCUT2D eigenvalue weighted by molar-refractivity contribution is 6.33. The van der Waals surface area contributed by atoms with Gasteiger partial charge in [0.15, 0.2) is 0 Å². The third-order valence-corrected chi connectivity index (χ3v) is 2.59. The minimum Gasteiger partial charge on any atom is -0.359 e. The summed E-state index contributed by atoms with van der Waals surface area (Å²) in [5.41, 5.74) is 0.453. The van der Waals surface area contributed by atoms with Crippen LogP contribution in [0, 0.1) is 0 Å². The first-order chi connectivity index (χ1) is 8.15. The van der Waals surface area contributed by atoms with Gasteiger partial charge in [-0.15, -0.1) is 0 Å². The molecule has 92 valence electrons. The molecule has 2 N–H and O–H groups in total. The van der Waals surface area contributed by atoms with Crippen LogP contribution in [0.2, 0.25) is 5.02 Å². The number of nitrogens with one attached hydrogen (secondary N) is 2. The highest BCUT2D eigenvalue weighted by Gasteiger charge is 2.08. The van der Waals surface area contributed by atoms with Gasteiger partial charge in [0.25, 0.3) is 5.91 Å². The number of rotatable bonds is 5. The van der Waals surface area contributed by atoms with Gasteiger partial charge < -0.3 is 10.6 Å². The van der Waals surface area contributed by atoms with E-state index in [9.17, 15) is 9.59 Å². The zero-order valence-corrected chi connectivity index (χ0v) is 10.4. The minimum atomic E-state index is -0.215. The molecule has 0 saturated carbocycles. The Balaban J connectivity index is 2.36. The Morgan fingerprint density at radius 3 is 2.65 bits per heavy atom. The highest BCUT2D eigenvalue weighted by Crippen LogP contribution is 2.14. The second-order valence-corrected chi connectivity index (χ2v) is 3.92. The summed E-state index contributed by atoms with van der Waals surface area (Å²) in [6, 6.07) is 6.85. The Hall–Kier alpha value is -1.55. The number of halogens is 1. The number of benzene rings is 1. The van der Waals surface area contributed by atoms with Gasteiger partial charge in [-0.05, 0) is 18.6 Å². The number of hydrogen-bond donors (Lipinski definition) is 2. The summed E-state index contributed by atoms with van der Waals surface area (Å²) in [6.07, 6.45) is 1.01. The van der Waals surface area contributed by atoms with Gasteiger partial charge >= 0.3 is 0 Å². The van der Waals surface area contributed by atoms with Crippen LogP contribution < -0.4 is 10.6 Å². The molecule has 0 heterocycles. The molecule has 0 aromatic heterocycles. The van der Waals surface area contributed by atoms with Gasteiger partial charge in [-0.1, -0.05) is 23.7 Å². The predicted molar refractivity (Wildman–Crippen MR) is 67.1 cm³/mol. The maximum atomic E-state index is 11.7. The molecule has 1 aromatic carbocycles. The van der Waals surface area contributed by atoms with E-state index in [1.165, 1.54) is 0 Å². The van der Waals surface area contributed by atoms with Gasteiger partial charge in [0.2, 0.25) is 5.91 Å². The summed E-state index contributed by atoms with van der Waals surface area (Å²) in [7, 11) is 1.59. The molecule has 1 aromatic rings. The van der Waals surface area contributed by atoms with Crippen LogP contribution in [-0.2, 0) is 4.79 Å². The van der Waals surface area contributed by atoms with Gasteiger partial charge in [0.1, 0.15) is 0 Å². The maximum absolute atomic E-state index is 11.7. The first kappa shape index (κ1) is 13.5.